The van der Waals surface area contributed by atoms with Crippen molar-refractivity contribution in [1.82, 2.24) is 10.2 Å². The van der Waals surface area contributed by atoms with Crippen molar-refractivity contribution < 1.29 is 0 Å². The Morgan fingerprint density at radius 3 is 2.50 bits per heavy atom. The van der Waals surface area contributed by atoms with Gasteiger partial charge in [0.2, 0.25) is 0 Å². The second-order valence-electron chi connectivity index (χ2n) is 5.06. The zero-order chi connectivity index (χ0) is 14.2. The van der Waals surface area contributed by atoms with Gasteiger partial charge in [-0.2, -0.15) is 0 Å². The Morgan fingerprint density at radius 2 is 1.75 bits per heavy atom. The molecule has 2 nitrogen and oxygen atoms in total. The van der Waals surface area contributed by atoms with E-state index in [2.05, 4.69) is 54.0 Å². The maximum Gasteiger partial charge on any atom is 0.171 e. The summed E-state index contributed by atoms with van der Waals surface area (Å²) < 4.78 is 0.731. The number of hydrogen-bond donors (Lipinski definition) is 1. The van der Waals surface area contributed by atoms with Crippen LogP contribution in [0.3, 0.4) is 0 Å². The zero-order valence-electron chi connectivity index (χ0n) is 12.0. The van der Waals surface area contributed by atoms with Crippen LogP contribution in [0.5, 0.6) is 0 Å². The summed E-state index contributed by atoms with van der Waals surface area (Å²) in [6, 6.07) is 8.53. The van der Waals surface area contributed by atoms with Gasteiger partial charge in [0.1, 0.15) is 5.01 Å². The largest absolute Gasteiger partial charge is 0.171 e. The second-order valence-corrected chi connectivity index (χ2v) is 6.77. The summed E-state index contributed by atoms with van der Waals surface area (Å²) in [6.07, 6.45) is 9.12. The molecule has 0 aliphatic heterocycles. The standard InChI is InChI=1S/C16H22N2S2/c1-2-3-4-5-6-7-10-13-11-8-9-12-14(13)15-17-18-16(19)20-15/h8-9,11-12H,2-7,10H2,1H3,(H,18,19). The van der Waals surface area contributed by atoms with Crippen LogP contribution in [0, 0.1) is 0 Å². The number of nitrogens with zero attached hydrogens (tertiary/aromatic N) is 2. The Hall–Kier alpha value is -0.870. The lowest BCUT2D eigenvalue weighted by atomic mass is 10.0. The first-order valence-corrected chi connectivity index (χ1v) is 8.68. The molecule has 0 amide bonds. The predicted molar refractivity (Wildman–Crippen MR) is 89.7 cm³/mol. The topological polar surface area (TPSA) is 25.8 Å². The molecular weight excluding hydrogens is 284 g/mol. The van der Waals surface area contributed by atoms with Crippen LogP contribution in [0.1, 0.15) is 51.0 Å². The van der Waals surface area contributed by atoms with Crippen LogP contribution in [-0.4, -0.2) is 10.2 Å². The molecule has 0 saturated carbocycles. The molecule has 1 heterocycles. The molecule has 0 aliphatic rings. The number of benzene rings is 1. The van der Waals surface area contributed by atoms with Gasteiger partial charge in [-0.1, -0.05) is 74.6 Å². The molecular formula is C16H22N2S2. The molecule has 0 fully saturated rings. The quantitative estimate of drug-likeness (QED) is 0.522. The highest BCUT2D eigenvalue weighted by atomic mass is 32.2. The molecule has 1 aromatic carbocycles. The molecule has 0 spiro atoms. The van der Waals surface area contributed by atoms with E-state index in [1.54, 1.807) is 11.3 Å². The minimum absolute atomic E-state index is 0.731. The molecule has 2 rings (SSSR count). The number of rotatable bonds is 8. The summed E-state index contributed by atoms with van der Waals surface area (Å²) in [6.45, 7) is 2.26. The van der Waals surface area contributed by atoms with Crippen LogP contribution in [0.2, 0.25) is 0 Å². The summed E-state index contributed by atoms with van der Waals surface area (Å²) in [5.41, 5.74) is 2.60. The fourth-order valence-corrected chi connectivity index (χ4v) is 3.32. The summed E-state index contributed by atoms with van der Waals surface area (Å²) in [7, 11) is 0. The van der Waals surface area contributed by atoms with E-state index in [1.807, 2.05) is 0 Å². The molecule has 20 heavy (non-hydrogen) atoms. The summed E-state index contributed by atoms with van der Waals surface area (Å²) in [5.74, 6) is 0. The Balaban J connectivity index is 1.91. The monoisotopic (exact) mass is 306 g/mol. The SMILES string of the molecule is CCCCCCCCc1ccccc1-c1nnc(S)s1. The molecule has 0 bridgehead atoms. The van der Waals surface area contributed by atoms with E-state index in [9.17, 15) is 0 Å². The van der Waals surface area contributed by atoms with E-state index < -0.39 is 0 Å². The van der Waals surface area contributed by atoms with Crippen LogP contribution in [0.25, 0.3) is 10.6 Å². The minimum Gasteiger partial charge on any atom is -0.137 e. The predicted octanol–water partition coefficient (Wildman–Crippen LogP) is 5.40. The third-order valence-corrected chi connectivity index (χ3v) is 4.58. The van der Waals surface area contributed by atoms with Crippen molar-refractivity contribution in [2.45, 2.75) is 56.2 Å². The molecule has 4 heteroatoms. The number of aromatic nitrogens is 2. The number of thiol groups is 1. The van der Waals surface area contributed by atoms with Gasteiger partial charge in [-0.15, -0.1) is 22.8 Å². The van der Waals surface area contributed by atoms with Gasteiger partial charge < -0.3 is 0 Å². The molecule has 108 valence electrons. The van der Waals surface area contributed by atoms with Crippen LogP contribution >= 0.6 is 24.0 Å². The summed E-state index contributed by atoms with van der Waals surface area (Å²) in [4.78, 5) is 0. The lowest BCUT2D eigenvalue weighted by molar-refractivity contribution is 0.608. The maximum absolute atomic E-state index is 4.25. The van der Waals surface area contributed by atoms with Gasteiger partial charge >= 0.3 is 0 Å². The number of aryl methyl sites for hydroxylation is 1. The summed E-state index contributed by atoms with van der Waals surface area (Å²) >= 11 is 5.80. The van der Waals surface area contributed by atoms with Gasteiger partial charge in [-0.25, -0.2) is 0 Å². The van der Waals surface area contributed by atoms with Crippen molar-refractivity contribution in [3.63, 3.8) is 0 Å². The Kier molecular flexibility index (Phi) is 6.54. The van der Waals surface area contributed by atoms with Gasteiger partial charge in [0, 0.05) is 5.56 Å². The fraction of sp³-hybridized carbons (Fsp3) is 0.500. The average Bonchev–Trinajstić information content (AvgIpc) is 2.89. The van der Waals surface area contributed by atoms with E-state index in [0.717, 1.165) is 15.8 Å². The van der Waals surface area contributed by atoms with Crippen LogP contribution in [0.15, 0.2) is 28.6 Å². The van der Waals surface area contributed by atoms with Gasteiger partial charge in [-0.3, -0.25) is 0 Å². The second kappa shape index (κ2) is 8.42. The first-order chi connectivity index (χ1) is 9.81. The van der Waals surface area contributed by atoms with E-state index >= 15 is 0 Å². The molecule has 2 aromatic rings. The van der Waals surface area contributed by atoms with Crippen molar-refractivity contribution in [3.05, 3.63) is 29.8 Å². The molecule has 0 unspecified atom stereocenters. The summed E-state index contributed by atoms with van der Waals surface area (Å²) in [5, 5.41) is 9.19. The van der Waals surface area contributed by atoms with E-state index in [-0.39, 0.29) is 0 Å². The van der Waals surface area contributed by atoms with Crippen molar-refractivity contribution in [3.8, 4) is 10.6 Å². The average molecular weight is 306 g/mol. The van der Waals surface area contributed by atoms with E-state index in [1.165, 1.54) is 49.7 Å². The molecule has 0 atom stereocenters. The van der Waals surface area contributed by atoms with Crippen molar-refractivity contribution >= 4 is 24.0 Å². The molecule has 0 aliphatic carbocycles. The molecule has 0 saturated heterocycles. The number of hydrogen-bond acceptors (Lipinski definition) is 4. The van der Waals surface area contributed by atoms with Gasteiger partial charge in [0.15, 0.2) is 4.34 Å². The highest BCUT2D eigenvalue weighted by molar-refractivity contribution is 7.82. The van der Waals surface area contributed by atoms with Crippen molar-refractivity contribution in [2.75, 3.05) is 0 Å². The van der Waals surface area contributed by atoms with Gasteiger partial charge in [-0.05, 0) is 18.4 Å². The normalized spacial score (nSPS) is 10.9. The Morgan fingerprint density at radius 1 is 1.00 bits per heavy atom. The van der Waals surface area contributed by atoms with Crippen LogP contribution in [0.4, 0.5) is 0 Å². The van der Waals surface area contributed by atoms with E-state index in [4.69, 9.17) is 0 Å². The highest BCUT2D eigenvalue weighted by Gasteiger charge is 2.09. The van der Waals surface area contributed by atoms with Crippen molar-refractivity contribution in [2.24, 2.45) is 0 Å². The third kappa shape index (κ3) is 4.60. The van der Waals surface area contributed by atoms with Crippen LogP contribution < -0.4 is 0 Å². The van der Waals surface area contributed by atoms with E-state index in [0.29, 0.717) is 0 Å². The highest BCUT2D eigenvalue weighted by Crippen LogP contribution is 2.29. The van der Waals surface area contributed by atoms with Crippen molar-refractivity contribution in [1.29, 1.82) is 0 Å². The third-order valence-electron chi connectivity index (χ3n) is 3.46. The lowest BCUT2D eigenvalue weighted by Crippen LogP contribution is -1.90. The Bertz CT molecular complexity index is 523. The van der Waals surface area contributed by atoms with Gasteiger partial charge in [0.05, 0.1) is 0 Å². The zero-order valence-corrected chi connectivity index (χ0v) is 13.7. The maximum atomic E-state index is 4.25. The van der Waals surface area contributed by atoms with Gasteiger partial charge in [0.25, 0.3) is 0 Å². The van der Waals surface area contributed by atoms with Crippen LogP contribution in [-0.2, 0) is 6.42 Å². The number of unbranched alkanes of at least 4 members (excludes halogenated alkanes) is 5. The Labute approximate surface area is 131 Å². The first-order valence-electron chi connectivity index (χ1n) is 7.42. The fourth-order valence-electron chi connectivity index (χ4n) is 2.37. The smallest absolute Gasteiger partial charge is 0.137 e. The lowest BCUT2D eigenvalue weighted by Gasteiger charge is -2.06. The first kappa shape index (κ1) is 15.5. The molecule has 1 aromatic heterocycles. The minimum atomic E-state index is 0.731. The molecule has 0 radical (unpaired) electrons. The molecule has 0 N–H and O–H groups in total.